The predicted octanol–water partition coefficient (Wildman–Crippen LogP) is 1.35. The molecule has 2 N–H and O–H groups in total. The van der Waals surface area contributed by atoms with Crippen LogP contribution in [0.4, 0.5) is 0 Å². The maximum atomic E-state index is 5.63. The van der Waals surface area contributed by atoms with E-state index >= 15 is 0 Å². The fourth-order valence-electron chi connectivity index (χ4n) is 1.69. The molecular weight excluding hydrogens is 214 g/mol. The van der Waals surface area contributed by atoms with Gasteiger partial charge in [0.05, 0.1) is 5.88 Å². The third-order valence-corrected chi connectivity index (χ3v) is 3.23. The number of hydrogen-bond donors (Lipinski definition) is 2. The highest BCUT2D eigenvalue weighted by Crippen LogP contribution is 2.16. The molecule has 14 heavy (non-hydrogen) atoms. The molecule has 0 bridgehead atoms. The van der Waals surface area contributed by atoms with Crippen LogP contribution in [-0.4, -0.2) is 41.9 Å². The summed E-state index contributed by atoms with van der Waals surface area (Å²) in [5, 5.41) is 0. The van der Waals surface area contributed by atoms with Gasteiger partial charge in [0.2, 0.25) is 0 Å². The van der Waals surface area contributed by atoms with Crippen molar-refractivity contribution in [3.05, 3.63) is 11.9 Å². The molecule has 82 valence electrons. The Labute approximate surface area is 95.5 Å². The number of thiol groups is 1. The van der Waals surface area contributed by atoms with E-state index in [9.17, 15) is 0 Å². The molecule has 0 radical (unpaired) electrons. The van der Waals surface area contributed by atoms with Gasteiger partial charge in [-0.25, -0.2) is 0 Å². The third-order valence-electron chi connectivity index (χ3n) is 2.40. The summed E-state index contributed by atoms with van der Waals surface area (Å²) in [7, 11) is 1.57. The highest BCUT2D eigenvalue weighted by atomic mass is 33.1. The van der Waals surface area contributed by atoms with Crippen LogP contribution in [0.3, 0.4) is 0 Å². The van der Waals surface area contributed by atoms with Crippen LogP contribution in [0.1, 0.15) is 13.3 Å². The largest absolute Gasteiger partial charge is 0.403 e. The average molecular weight is 233 g/mol. The van der Waals surface area contributed by atoms with Gasteiger partial charge in [-0.3, -0.25) is 4.90 Å². The first-order chi connectivity index (χ1) is 6.81. The van der Waals surface area contributed by atoms with E-state index in [0.29, 0.717) is 0 Å². The van der Waals surface area contributed by atoms with Crippen molar-refractivity contribution in [2.24, 2.45) is 5.73 Å². The van der Waals surface area contributed by atoms with Gasteiger partial charge in [-0.1, -0.05) is 17.7 Å². The standard InChI is InChI=1S/C9H19N3S2/c1-2-3-12-5-4-11(8-14-13)7-9(12)6-10/h6,13H,2-5,7-8,10H2,1H3/b9-6-. The molecule has 1 aliphatic rings. The monoisotopic (exact) mass is 233 g/mol. The Morgan fingerprint density at radius 1 is 1.57 bits per heavy atom. The van der Waals surface area contributed by atoms with Crippen molar-refractivity contribution in [1.82, 2.24) is 9.80 Å². The summed E-state index contributed by atoms with van der Waals surface area (Å²) in [4.78, 5) is 4.74. The lowest BCUT2D eigenvalue weighted by Crippen LogP contribution is -2.44. The molecule has 1 aliphatic heterocycles. The molecule has 1 fully saturated rings. The number of hydrogen-bond acceptors (Lipinski definition) is 5. The van der Waals surface area contributed by atoms with Crippen LogP contribution in [0.5, 0.6) is 0 Å². The summed E-state index contributed by atoms with van der Waals surface area (Å²) in [5.41, 5.74) is 6.88. The van der Waals surface area contributed by atoms with Crippen LogP contribution in [0.15, 0.2) is 11.9 Å². The molecule has 0 aliphatic carbocycles. The third kappa shape index (κ3) is 3.29. The van der Waals surface area contributed by atoms with Crippen molar-refractivity contribution < 1.29 is 0 Å². The SMILES string of the molecule is CCCN1CCN(CSS)C/C1=C/N. The summed E-state index contributed by atoms with van der Waals surface area (Å²) in [6.45, 7) is 6.48. The average Bonchev–Trinajstić information content (AvgIpc) is 2.21. The summed E-state index contributed by atoms with van der Waals surface area (Å²) in [6.07, 6.45) is 2.92. The molecule has 1 saturated heterocycles. The first-order valence-corrected chi connectivity index (χ1v) is 7.00. The fraction of sp³-hybridized carbons (Fsp3) is 0.778. The minimum absolute atomic E-state index is 0.962. The predicted molar refractivity (Wildman–Crippen MR) is 67.2 cm³/mol. The van der Waals surface area contributed by atoms with Gasteiger partial charge in [0, 0.05) is 38.1 Å². The van der Waals surface area contributed by atoms with Crippen molar-refractivity contribution >= 4 is 22.5 Å². The van der Waals surface area contributed by atoms with Crippen molar-refractivity contribution in [2.75, 3.05) is 32.1 Å². The van der Waals surface area contributed by atoms with E-state index in [1.165, 1.54) is 12.1 Å². The Morgan fingerprint density at radius 3 is 2.93 bits per heavy atom. The quantitative estimate of drug-likeness (QED) is 0.567. The van der Waals surface area contributed by atoms with Gasteiger partial charge >= 0.3 is 0 Å². The maximum absolute atomic E-state index is 5.63. The van der Waals surface area contributed by atoms with Crippen molar-refractivity contribution in [3.8, 4) is 0 Å². The highest BCUT2D eigenvalue weighted by molar-refractivity contribution is 8.68. The summed E-state index contributed by atoms with van der Waals surface area (Å²) in [6, 6.07) is 0. The molecule has 3 nitrogen and oxygen atoms in total. The second-order valence-electron chi connectivity index (χ2n) is 3.46. The van der Waals surface area contributed by atoms with E-state index in [2.05, 4.69) is 28.4 Å². The van der Waals surface area contributed by atoms with E-state index in [1.807, 2.05) is 0 Å². The van der Waals surface area contributed by atoms with Gasteiger partial charge in [-0.2, -0.15) is 0 Å². The van der Waals surface area contributed by atoms with Crippen LogP contribution in [0.2, 0.25) is 0 Å². The zero-order valence-electron chi connectivity index (χ0n) is 8.65. The highest BCUT2D eigenvalue weighted by Gasteiger charge is 2.19. The molecular formula is C9H19N3S2. The molecule has 0 unspecified atom stereocenters. The van der Waals surface area contributed by atoms with E-state index < -0.39 is 0 Å². The van der Waals surface area contributed by atoms with Gasteiger partial charge in [0.1, 0.15) is 0 Å². The van der Waals surface area contributed by atoms with E-state index in [0.717, 1.165) is 32.1 Å². The topological polar surface area (TPSA) is 32.5 Å². The second-order valence-corrected chi connectivity index (χ2v) is 4.75. The Hall–Kier alpha value is -0.0000000000000000555. The first-order valence-electron chi connectivity index (χ1n) is 4.96. The molecule has 0 aromatic carbocycles. The fourth-order valence-corrected chi connectivity index (χ4v) is 2.56. The lowest BCUT2D eigenvalue weighted by atomic mass is 10.2. The molecule has 0 saturated carbocycles. The molecule has 5 heteroatoms. The molecule has 0 aromatic rings. The maximum Gasteiger partial charge on any atom is 0.0550 e. The normalized spacial score (nSPS) is 21.9. The lowest BCUT2D eigenvalue weighted by Gasteiger charge is -2.37. The van der Waals surface area contributed by atoms with Gasteiger partial charge < -0.3 is 10.6 Å². The zero-order chi connectivity index (χ0) is 10.4. The number of piperazine rings is 1. The summed E-state index contributed by atoms with van der Waals surface area (Å²) in [5.74, 6) is 0.973. The van der Waals surface area contributed by atoms with Gasteiger partial charge in [0.15, 0.2) is 0 Å². The Kier molecular flexibility index (Phi) is 5.59. The Bertz CT molecular complexity index is 196. The molecule has 0 aromatic heterocycles. The van der Waals surface area contributed by atoms with Crippen molar-refractivity contribution in [1.29, 1.82) is 0 Å². The first kappa shape index (κ1) is 12.1. The number of nitrogens with zero attached hydrogens (tertiary/aromatic N) is 2. The Balaban J connectivity index is 2.46. The van der Waals surface area contributed by atoms with Crippen LogP contribution in [-0.2, 0) is 0 Å². The summed E-state index contributed by atoms with van der Waals surface area (Å²) < 4.78 is 0. The zero-order valence-corrected chi connectivity index (χ0v) is 10.4. The van der Waals surface area contributed by atoms with Crippen LogP contribution < -0.4 is 5.73 Å². The van der Waals surface area contributed by atoms with Crippen molar-refractivity contribution in [3.63, 3.8) is 0 Å². The number of rotatable bonds is 4. The molecule has 0 spiro atoms. The van der Waals surface area contributed by atoms with Crippen LogP contribution in [0.25, 0.3) is 0 Å². The van der Waals surface area contributed by atoms with Gasteiger partial charge in [0.25, 0.3) is 0 Å². The summed E-state index contributed by atoms with van der Waals surface area (Å²) >= 11 is 4.16. The van der Waals surface area contributed by atoms with E-state index in [-0.39, 0.29) is 0 Å². The molecule has 0 atom stereocenters. The van der Waals surface area contributed by atoms with Crippen LogP contribution >= 0.6 is 22.5 Å². The van der Waals surface area contributed by atoms with E-state index in [1.54, 1.807) is 17.0 Å². The number of nitrogens with two attached hydrogens (primary N) is 1. The van der Waals surface area contributed by atoms with Gasteiger partial charge in [-0.15, -0.1) is 11.7 Å². The second kappa shape index (κ2) is 6.48. The smallest absolute Gasteiger partial charge is 0.0550 e. The van der Waals surface area contributed by atoms with Gasteiger partial charge in [-0.05, 0) is 6.42 Å². The minimum atomic E-state index is 0.962. The lowest BCUT2D eigenvalue weighted by molar-refractivity contribution is 0.197. The molecule has 1 rings (SSSR count). The van der Waals surface area contributed by atoms with Crippen molar-refractivity contribution in [2.45, 2.75) is 13.3 Å². The Morgan fingerprint density at radius 2 is 2.36 bits per heavy atom. The molecule has 1 heterocycles. The van der Waals surface area contributed by atoms with Crippen LogP contribution in [0, 0.1) is 0 Å². The molecule has 0 amide bonds. The minimum Gasteiger partial charge on any atom is -0.403 e. The van der Waals surface area contributed by atoms with E-state index in [4.69, 9.17) is 5.73 Å².